The first kappa shape index (κ1) is 24.9. The van der Waals surface area contributed by atoms with E-state index in [1.807, 2.05) is 0 Å². The zero-order valence-electron chi connectivity index (χ0n) is 18.9. The first-order valence-electron chi connectivity index (χ1n) is 11.4. The minimum Gasteiger partial charge on any atom is -0.448 e. The molecule has 4 aliphatic rings. The van der Waals surface area contributed by atoms with E-state index in [1.54, 1.807) is 0 Å². The average molecular weight is 541 g/mol. The monoisotopic (exact) mass is 540 g/mol. The Balaban J connectivity index is 1.33. The number of benzene rings is 2. The predicted molar refractivity (Wildman–Crippen MR) is 125 cm³/mol. The van der Waals surface area contributed by atoms with E-state index in [4.69, 9.17) is 16.3 Å². The molecule has 2 unspecified atom stereocenters. The molecule has 1 saturated heterocycles. The van der Waals surface area contributed by atoms with Gasteiger partial charge in [0, 0.05) is 17.3 Å². The molecule has 0 radical (unpaired) electrons. The Morgan fingerprint density at radius 3 is 2.50 bits per heavy atom. The molecule has 3 aliphatic carbocycles. The van der Waals surface area contributed by atoms with Gasteiger partial charge in [0.15, 0.2) is 21.5 Å². The number of fused-ring (bicyclic) bond motifs is 2. The number of hydrogen-bond acceptors (Lipinski definition) is 6. The molecule has 192 valence electrons. The van der Waals surface area contributed by atoms with Gasteiger partial charge in [0.05, 0.1) is 33.9 Å². The van der Waals surface area contributed by atoms with Crippen molar-refractivity contribution in [1.29, 1.82) is 0 Å². The van der Waals surface area contributed by atoms with Gasteiger partial charge in [-0.05, 0) is 61.4 Å². The summed E-state index contributed by atoms with van der Waals surface area (Å²) >= 11 is 6.23. The van der Waals surface area contributed by atoms with Crippen LogP contribution in [0.3, 0.4) is 0 Å². The number of nitrogens with zero attached hydrogens (tertiary/aromatic N) is 1. The van der Waals surface area contributed by atoms with Crippen molar-refractivity contribution >= 4 is 39.1 Å². The number of carbonyl (C=O) groups excluding carboxylic acids is 2. The molecule has 0 spiro atoms. The van der Waals surface area contributed by atoms with Crippen LogP contribution in [-0.4, -0.2) is 61.0 Å². The third kappa shape index (κ3) is 4.22. The van der Waals surface area contributed by atoms with Crippen LogP contribution < -0.4 is 5.32 Å². The highest BCUT2D eigenvalue weighted by Gasteiger charge is 2.61. The van der Waals surface area contributed by atoms with Gasteiger partial charge < -0.3 is 20.1 Å². The number of amides is 2. The van der Waals surface area contributed by atoms with Crippen molar-refractivity contribution < 1.29 is 36.6 Å². The molecule has 2 aromatic rings. The number of hydrogen-bond donors (Lipinski definition) is 2. The summed E-state index contributed by atoms with van der Waals surface area (Å²) in [4.78, 5) is 25.7. The maximum atomic E-state index is 13.5. The molecule has 2 bridgehead atoms. The van der Waals surface area contributed by atoms with Crippen molar-refractivity contribution in [2.45, 2.75) is 35.0 Å². The van der Waals surface area contributed by atoms with Gasteiger partial charge in [0.2, 0.25) is 0 Å². The number of ether oxygens (including phenoxy) is 1. The largest absolute Gasteiger partial charge is 0.448 e. The number of halogens is 3. The minimum absolute atomic E-state index is 0.00629. The third-order valence-corrected chi connectivity index (χ3v) is 10.1. The number of anilines is 1. The fourth-order valence-corrected chi connectivity index (χ4v) is 7.86. The van der Waals surface area contributed by atoms with E-state index >= 15 is 0 Å². The average Bonchev–Trinajstić information content (AvgIpc) is 3.25. The van der Waals surface area contributed by atoms with Gasteiger partial charge >= 0.3 is 6.09 Å². The third-order valence-electron chi connectivity index (χ3n) is 7.48. The molecule has 1 heterocycles. The minimum atomic E-state index is -3.96. The van der Waals surface area contributed by atoms with Crippen LogP contribution in [0.1, 0.15) is 29.6 Å². The van der Waals surface area contributed by atoms with Crippen LogP contribution >= 0.6 is 11.6 Å². The second kappa shape index (κ2) is 8.97. The van der Waals surface area contributed by atoms with Gasteiger partial charge in [-0.1, -0.05) is 11.6 Å². The number of carbonyl (C=O) groups is 2. The van der Waals surface area contributed by atoms with Crippen molar-refractivity contribution in [3.05, 3.63) is 58.6 Å². The molecule has 36 heavy (non-hydrogen) atoms. The Bertz CT molecular complexity index is 1340. The van der Waals surface area contributed by atoms with Gasteiger partial charge in [-0.3, -0.25) is 4.79 Å². The molecule has 8 nitrogen and oxygen atoms in total. The highest BCUT2D eigenvalue weighted by molar-refractivity contribution is 7.92. The topological polar surface area (TPSA) is 113 Å². The number of sulfone groups is 1. The van der Waals surface area contributed by atoms with Crippen LogP contribution in [0.5, 0.6) is 0 Å². The Kier molecular flexibility index (Phi) is 6.20. The number of rotatable bonds is 6. The maximum absolute atomic E-state index is 13.5. The lowest BCUT2D eigenvalue weighted by atomic mass is 9.53. The van der Waals surface area contributed by atoms with Crippen molar-refractivity contribution in [3.63, 3.8) is 0 Å². The molecule has 2 atom stereocenters. The lowest BCUT2D eigenvalue weighted by Gasteiger charge is -2.59. The predicted octanol–water partition coefficient (Wildman–Crippen LogP) is 3.63. The summed E-state index contributed by atoms with van der Waals surface area (Å²) < 4.78 is 58.6. The Labute approximate surface area is 211 Å². The summed E-state index contributed by atoms with van der Waals surface area (Å²) in [6.07, 6.45) is 0.568. The SMILES string of the molecule is O=C(Nc1ccc(F)c(F)c1)c1ccc(Cl)c(S(=O)(=O)C2CC3CC(C2)C3(O)CN2CCOC2=O)c1. The van der Waals surface area contributed by atoms with E-state index in [2.05, 4.69) is 5.32 Å². The molecular weight excluding hydrogens is 518 g/mol. The van der Waals surface area contributed by atoms with Crippen LogP contribution in [0.25, 0.3) is 0 Å². The fourth-order valence-electron chi connectivity index (χ4n) is 5.46. The highest BCUT2D eigenvalue weighted by Crippen LogP contribution is 2.56. The van der Waals surface area contributed by atoms with E-state index < -0.39 is 44.3 Å². The standard InChI is InChI=1S/C24H23ClF2N2O6S/c25-18-3-1-13(22(30)28-16-2-4-19(26)20(27)11-16)7-21(18)36(33,34)17-9-14-8-15(10-17)24(14,32)12-29-5-6-35-23(29)31/h1-4,7,11,14-15,17,32H,5-6,8-10,12H2,(H,28,30). The van der Waals surface area contributed by atoms with Gasteiger partial charge in [-0.15, -0.1) is 0 Å². The molecule has 6 rings (SSSR count). The molecular formula is C24H23ClF2N2O6S. The van der Waals surface area contributed by atoms with Gasteiger partial charge in [0.1, 0.15) is 6.61 Å². The fraction of sp³-hybridized carbons (Fsp3) is 0.417. The Morgan fingerprint density at radius 2 is 1.86 bits per heavy atom. The summed E-state index contributed by atoms with van der Waals surface area (Å²) in [7, 11) is -3.96. The van der Waals surface area contributed by atoms with Crippen LogP contribution in [0.2, 0.25) is 5.02 Å². The number of aliphatic hydroxyl groups is 1. The molecule has 12 heteroatoms. The van der Waals surface area contributed by atoms with Crippen LogP contribution in [0.4, 0.5) is 19.3 Å². The highest BCUT2D eigenvalue weighted by atomic mass is 35.5. The van der Waals surface area contributed by atoms with Crippen LogP contribution in [0.15, 0.2) is 41.3 Å². The lowest BCUT2D eigenvalue weighted by Crippen LogP contribution is -2.66. The molecule has 3 saturated carbocycles. The summed E-state index contributed by atoms with van der Waals surface area (Å²) in [6.45, 7) is 0.755. The lowest BCUT2D eigenvalue weighted by molar-refractivity contribution is -0.182. The first-order chi connectivity index (χ1) is 17.0. The normalized spacial score (nSPS) is 27.4. The first-order valence-corrected chi connectivity index (χ1v) is 13.4. The quantitative estimate of drug-likeness (QED) is 0.578. The second-order valence-corrected chi connectivity index (χ2v) is 12.1. The van der Waals surface area contributed by atoms with E-state index in [9.17, 15) is 31.9 Å². The van der Waals surface area contributed by atoms with Crippen molar-refractivity contribution in [2.75, 3.05) is 25.0 Å². The Hall–Kier alpha value is -2.76. The maximum Gasteiger partial charge on any atom is 0.410 e. The Morgan fingerprint density at radius 1 is 1.14 bits per heavy atom. The summed E-state index contributed by atoms with van der Waals surface area (Å²) in [5.74, 6) is -3.52. The van der Waals surface area contributed by atoms with Crippen LogP contribution in [-0.2, 0) is 14.6 Å². The number of nitrogens with one attached hydrogen (secondary N) is 1. The van der Waals surface area contributed by atoms with E-state index in [1.165, 1.54) is 29.2 Å². The van der Waals surface area contributed by atoms with E-state index in [0.717, 1.165) is 12.1 Å². The number of β-amino-alcohol motifs (C(OH)–C–C–N with tert-alkyl or cyclic N) is 1. The smallest absolute Gasteiger partial charge is 0.410 e. The molecule has 1 aliphatic heterocycles. The van der Waals surface area contributed by atoms with Gasteiger partial charge in [-0.25, -0.2) is 22.0 Å². The molecule has 2 amide bonds. The summed E-state index contributed by atoms with van der Waals surface area (Å²) in [5, 5.41) is 12.7. The summed E-state index contributed by atoms with van der Waals surface area (Å²) in [5.41, 5.74) is -1.18. The summed E-state index contributed by atoms with van der Waals surface area (Å²) in [6, 6.07) is 6.67. The zero-order chi connectivity index (χ0) is 25.8. The second-order valence-electron chi connectivity index (χ2n) is 9.52. The number of cyclic esters (lactones) is 1. The van der Waals surface area contributed by atoms with Gasteiger partial charge in [0.25, 0.3) is 5.91 Å². The van der Waals surface area contributed by atoms with Gasteiger partial charge in [-0.2, -0.15) is 0 Å². The molecule has 0 aromatic heterocycles. The van der Waals surface area contributed by atoms with Crippen molar-refractivity contribution in [2.24, 2.45) is 11.8 Å². The molecule has 2 N–H and O–H groups in total. The van der Waals surface area contributed by atoms with Crippen molar-refractivity contribution in [3.8, 4) is 0 Å². The van der Waals surface area contributed by atoms with E-state index in [0.29, 0.717) is 13.0 Å². The molecule has 4 fully saturated rings. The van der Waals surface area contributed by atoms with Crippen LogP contribution in [0, 0.1) is 23.5 Å². The molecule has 2 aromatic carbocycles. The van der Waals surface area contributed by atoms with Crippen molar-refractivity contribution in [1.82, 2.24) is 4.90 Å². The van der Waals surface area contributed by atoms with E-state index in [-0.39, 0.29) is 59.0 Å². The zero-order valence-corrected chi connectivity index (χ0v) is 20.5.